The van der Waals surface area contributed by atoms with Gasteiger partial charge in [0.1, 0.15) is 5.01 Å². The highest BCUT2D eigenvalue weighted by atomic mass is 35.5. The number of carbonyl (C=O) groups is 2. The van der Waals surface area contributed by atoms with Crippen molar-refractivity contribution in [2.24, 2.45) is 0 Å². The number of methoxy groups -OCH3 is 1. The van der Waals surface area contributed by atoms with Crippen molar-refractivity contribution in [1.29, 1.82) is 0 Å². The molecule has 1 aromatic carbocycles. The number of hydrogen-bond acceptors (Lipinski definition) is 6. The summed E-state index contributed by atoms with van der Waals surface area (Å²) in [5.41, 5.74) is 0.574. The van der Waals surface area contributed by atoms with Crippen molar-refractivity contribution in [3.63, 3.8) is 0 Å². The van der Waals surface area contributed by atoms with Crippen molar-refractivity contribution in [3.8, 4) is 0 Å². The maximum Gasteiger partial charge on any atom is 0.357 e. The van der Waals surface area contributed by atoms with Gasteiger partial charge in [-0.25, -0.2) is 9.78 Å². The van der Waals surface area contributed by atoms with Gasteiger partial charge in [-0.15, -0.1) is 11.3 Å². The number of nitrogens with zero attached hydrogens (tertiary/aromatic N) is 2. The van der Waals surface area contributed by atoms with E-state index in [9.17, 15) is 9.59 Å². The molecule has 2 rings (SSSR count). The van der Waals surface area contributed by atoms with Crippen LogP contribution in [0.5, 0.6) is 0 Å². The summed E-state index contributed by atoms with van der Waals surface area (Å²) in [4.78, 5) is 30.4. The second-order valence-electron chi connectivity index (χ2n) is 5.19. The first-order valence-corrected chi connectivity index (χ1v) is 9.44. The fourth-order valence-corrected chi connectivity index (χ4v) is 3.40. The molecule has 1 amide bonds. The number of ether oxygens (including phenoxy) is 2. The molecule has 0 radical (unpaired) electrons. The molecule has 9 heteroatoms. The van der Waals surface area contributed by atoms with Crippen molar-refractivity contribution in [2.75, 3.05) is 26.9 Å². The van der Waals surface area contributed by atoms with Crippen molar-refractivity contribution < 1.29 is 19.1 Å². The van der Waals surface area contributed by atoms with Gasteiger partial charge in [0.15, 0.2) is 5.69 Å². The Morgan fingerprint density at radius 2 is 2.08 bits per heavy atom. The average molecular weight is 417 g/mol. The van der Waals surface area contributed by atoms with E-state index in [0.717, 1.165) is 0 Å². The maximum atomic E-state index is 12.9. The predicted molar refractivity (Wildman–Crippen MR) is 101 cm³/mol. The Balaban J connectivity index is 2.19. The number of amides is 1. The van der Waals surface area contributed by atoms with Gasteiger partial charge in [0, 0.05) is 24.1 Å². The molecule has 0 bridgehead atoms. The van der Waals surface area contributed by atoms with Crippen LogP contribution in [0.1, 0.15) is 32.8 Å². The highest BCUT2D eigenvalue weighted by molar-refractivity contribution is 7.09. The summed E-state index contributed by atoms with van der Waals surface area (Å²) in [5.74, 6) is -0.748. The van der Waals surface area contributed by atoms with Crippen LogP contribution in [-0.4, -0.2) is 48.6 Å². The van der Waals surface area contributed by atoms with E-state index in [4.69, 9.17) is 32.7 Å². The van der Waals surface area contributed by atoms with Crippen LogP contribution < -0.4 is 0 Å². The molecule has 0 spiro atoms. The summed E-state index contributed by atoms with van der Waals surface area (Å²) in [6.07, 6.45) is 0. The normalized spacial score (nSPS) is 10.6. The zero-order valence-electron chi connectivity index (χ0n) is 14.3. The molecule has 1 heterocycles. The van der Waals surface area contributed by atoms with Gasteiger partial charge < -0.3 is 14.4 Å². The third kappa shape index (κ3) is 5.41. The first-order chi connectivity index (χ1) is 12.5. The van der Waals surface area contributed by atoms with Gasteiger partial charge in [0.2, 0.25) is 0 Å². The summed E-state index contributed by atoms with van der Waals surface area (Å²) in [7, 11) is 1.56. The minimum atomic E-state index is -0.481. The number of carbonyl (C=O) groups excluding carboxylic acids is 2. The molecule has 6 nitrogen and oxygen atoms in total. The zero-order chi connectivity index (χ0) is 19.1. The van der Waals surface area contributed by atoms with E-state index in [1.54, 1.807) is 36.4 Å². The van der Waals surface area contributed by atoms with Crippen LogP contribution >= 0.6 is 34.5 Å². The number of thiazole rings is 1. The molecule has 0 saturated carbocycles. The van der Waals surface area contributed by atoms with Crippen LogP contribution in [0.3, 0.4) is 0 Å². The molecule has 0 atom stereocenters. The largest absolute Gasteiger partial charge is 0.461 e. The topological polar surface area (TPSA) is 68.7 Å². The fraction of sp³-hybridized carbons (Fsp3) is 0.353. The van der Waals surface area contributed by atoms with Crippen LogP contribution in [0.25, 0.3) is 0 Å². The van der Waals surface area contributed by atoms with Crippen molar-refractivity contribution >= 4 is 46.4 Å². The molecule has 0 aliphatic heterocycles. The monoisotopic (exact) mass is 416 g/mol. The number of benzene rings is 1. The Labute approximate surface area is 165 Å². The van der Waals surface area contributed by atoms with Gasteiger partial charge in [-0.3, -0.25) is 4.79 Å². The number of esters is 1. The molecular weight excluding hydrogens is 399 g/mol. The summed E-state index contributed by atoms with van der Waals surface area (Å²) >= 11 is 13.3. The standard InChI is InChI=1S/C17H18Cl2N2O4S/c1-3-25-17(23)14-10-26-15(20-14)9-21(6-7-24-2)16(22)12-5-4-11(18)8-13(12)19/h4-5,8,10H,3,6-7,9H2,1-2H3. The third-order valence-electron chi connectivity index (χ3n) is 3.38. The van der Waals surface area contributed by atoms with Crippen LogP contribution in [0.4, 0.5) is 0 Å². The smallest absolute Gasteiger partial charge is 0.357 e. The van der Waals surface area contributed by atoms with Gasteiger partial charge in [-0.05, 0) is 25.1 Å². The quantitative estimate of drug-likeness (QED) is 0.609. The minimum Gasteiger partial charge on any atom is -0.461 e. The van der Waals surface area contributed by atoms with E-state index < -0.39 is 5.97 Å². The van der Waals surface area contributed by atoms with Crippen LogP contribution in [-0.2, 0) is 16.0 Å². The lowest BCUT2D eigenvalue weighted by molar-refractivity contribution is 0.0520. The molecule has 0 N–H and O–H groups in total. The second-order valence-corrected chi connectivity index (χ2v) is 6.98. The molecule has 0 unspecified atom stereocenters. The molecule has 0 saturated heterocycles. The second kappa shape index (κ2) is 9.87. The lowest BCUT2D eigenvalue weighted by atomic mass is 10.2. The lowest BCUT2D eigenvalue weighted by Crippen LogP contribution is -2.33. The van der Waals surface area contributed by atoms with Crippen LogP contribution in [0, 0.1) is 0 Å². The van der Waals surface area contributed by atoms with E-state index in [0.29, 0.717) is 28.7 Å². The molecule has 1 aromatic heterocycles. The molecule has 26 heavy (non-hydrogen) atoms. The van der Waals surface area contributed by atoms with Crippen molar-refractivity contribution in [3.05, 3.63) is 49.9 Å². The van der Waals surface area contributed by atoms with E-state index in [1.807, 2.05) is 0 Å². The summed E-state index contributed by atoms with van der Waals surface area (Å²) in [6.45, 7) is 2.94. The van der Waals surface area contributed by atoms with Crippen LogP contribution in [0.15, 0.2) is 23.6 Å². The molecular formula is C17H18Cl2N2O4S. The fourth-order valence-electron chi connectivity index (χ4n) is 2.13. The molecule has 2 aromatic rings. The molecule has 0 aliphatic carbocycles. The summed E-state index contributed by atoms with van der Waals surface area (Å²) < 4.78 is 10.0. The average Bonchev–Trinajstić information content (AvgIpc) is 3.07. The highest BCUT2D eigenvalue weighted by Gasteiger charge is 2.21. The first kappa shape index (κ1) is 20.6. The summed E-state index contributed by atoms with van der Waals surface area (Å²) in [6, 6.07) is 4.71. The van der Waals surface area contributed by atoms with E-state index in [2.05, 4.69) is 4.98 Å². The molecule has 0 aliphatic rings. The lowest BCUT2D eigenvalue weighted by Gasteiger charge is -2.22. The van der Waals surface area contributed by atoms with Crippen molar-refractivity contribution in [2.45, 2.75) is 13.5 Å². The van der Waals surface area contributed by atoms with E-state index in [1.165, 1.54) is 17.4 Å². The Bertz CT molecular complexity index is 782. The van der Waals surface area contributed by atoms with Gasteiger partial charge in [-0.1, -0.05) is 23.2 Å². The number of aromatic nitrogens is 1. The Hall–Kier alpha value is -1.67. The highest BCUT2D eigenvalue weighted by Crippen LogP contribution is 2.23. The van der Waals surface area contributed by atoms with Gasteiger partial charge in [0.05, 0.1) is 30.3 Å². The predicted octanol–water partition coefficient (Wildman–Crippen LogP) is 3.92. The Kier molecular flexibility index (Phi) is 7.84. The van der Waals surface area contributed by atoms with Crippen LogP contribution in [0.2, 0.25) is 10.0 Å². The van der Waals surface area contributed by atoms with Crippen molar-refractivity contribution in [1.82, 2.24) is 9.88 Å². The van der Waals surface area contributed by atoms with E-state index in [-0.39, 0.29) is 29.8 Å². The molecule has 140 valence electrons. The minimum absolute atomic E-state index is 0.227. The maximum absolute atomic E-state index is 12.9. The Morgan fingerprint density at radius 1 is 1.31 bits per heavy atom. The SMILES string of the molecule is CCOC(=O)c1csc(CN(CCOC)C(=O)c2ccc(Cl)cc2Cl)n1. The third-order valence-corrected chi connectivity index (χ3v) is 4.76. The van der Waals surface area contributed by atoms with Gasteiger partial charge in [-0.2, -0.15) is 0 Å². The first-order valence-electron chi connectivity index (χ1n) is 7.81. The number of rotatable bonds is 8. The zero-order valence-corrected chi connectivity index (χ0v) is 16.7. The van der Waals surface area contributed by atoms with Gasteiger partial charge in [0.25, 0.3) is 5.91 Å². The number of halogens is 2. The summed E-state index contributed by atoms with van der Waals surface area (Å²) in [5, 5.41) is 2.95. The Morgan fingerprint density at radius 3 is 2.73 bits per heavy atom. The molecule has 0 fully saturated rings. The van der Waals surface area contributed by atoms with E-state index >= 15 is 0 Å². The van der Waals surface area contributed by atoms with Gasteiger partial charge >= 0.3 is 5.97 Å². The number of hydrogen-bond donors (Lipinski definition) is 0.